The van der Waals surface area contributed by atoms with Crippen LogP contribution in [-0.2, 0) is 0 Å². The molecule has 1 atom stereocenters. The van der Waals surface area contributed by atoms with Gasteiger partial charge in [0.1, 0.15) is 0 Å². The Kier molecular flexibility index (Phi) is 7.64. The first kappa shape index (κ1) is 19.0. The number of hydrogen-bond donors (Lipinski definition) is 0. The third-order valence-corrected chi connectivity index (χ3v) is 7.44. The van der Waals surface area contributed by atoms with E-state index in [1.807, 2.05) is 11.8 Å². The van der Waals surface area contributed by atoms with E-state index < -0.39 is 0 Å². The average molecular weight is 423 g/mol. The number of hydrogen-bond acceptors (Lipinski definition) is 1. The van der Waals surface area contributed by atoms with Crippen LogP contribution in [0.1, 0.15) is 18.9 Å². The summed E-state index contributed by atoms with van der Waals surface area (Å²) in [7, 11) is 0. The molecule has 26 heavy (non-hydrogen) atoms. The van der Waals surface area contributed by atoms with E-state index in [1.165, 1.54) is 25.8 Å². The predicted octanol–water partition coefficient (Wildman–Crippen LogP) is 6.09. The Morgan fingerprint density at radius 2 is 1.42 bits per heavy atom. The first-order chi connectivity index (χ1) is 12.8. The molecule has 0 aromatic heterocycles. The Hall–Kier alpha value is -1.73. The molecule has 0 nitrogen and oxygen atoms in total. The summed E-state index contributed by atoms with van der Waals surface area (Å²) in [6.07, 6.45) is 3.60. The molecule has 0 amide bonds. The molecule has 0 spiro atoms. The molecule has 3 aromatic carbocycles. The summed E-state index contributed by atoms with van der Waals surface area (Å²) in [4.78, 5) is 1.33. The van der Waals surface area contributed by atoms with E-state index in [9.17, 15) is 0 Å². The molecule has 0 radical (unpaired) electrons. The molecule has 3 rings (SSSR count). The van der Waals surface area contributed by atoms with Gasteiger partial charge in [-0.1, -0.05) is 0 Å². The second kappa shape index (κ2) is 10.4. The predicted molar refractivity (Wildman–Crippen MR) is 117 cm³/mol. The van der Waals surface area contributed by atoms with Gasteiger partial charge in [-0.05, 0) is 0 Å². The van der Waals surface area contributed by atoms with Crippen LogP contribution in [0.2, 0.25) is 5.32 Å². The van der Waals surface area contributed by atoms with Gasteiger partial charge in [-0.25, -0.2) is 0 Å². The summed E-state index contributed by atoms with van der Waals surface area (Å²) >= 11 is 2.49. The Morgan fingerprint density at radius 3 is 2.08 bits per heavy atom. The molecule has 0 aliphatic carbocycles. The van der Waals surface area contributed by atoms with E-state index in [2.05, 4.69) is 104 Å². The summed E-state index contributed by atoms with van der Waals surface area (Å²) < 4.78 is 1.49. The Balaban J connectivity index is 1.68. The topological polar surface area (TPSA) is 0 Å². The van der Waals surface area contributed by atoms with Crippen molar-refractivity contribution in [1.82, 2.24) is 0 Å². The van der Waals surface area contributed by atoms with Crippen molar-refractivity contribution in [3.8, 4) is 0 Å². The molecule has 0 heterocycles. The van der Waals surface area contributed by atoms with Crippen molar-refractivity contribution in [2.45, 2.75) is 28.8 Å². The molecule has 0 saturated heterocycles. The fourth-order valence-corrected chi connectivity index (χ4v) is 5.63. The molecule has 0 bridgehead atoms. The van der Waals surface area contributed by atoms with Gasteiger partial charge in [-0.2, -0.15) is 0 Å². The van der Waals surface area contributed by atoms with E-state index in [0.29, 0.717) is 20.2 Å². The van der Waals surface area contributed by atoms with Crippen molar-refractivity contribution in [3.63, 3.8) is 0 Å². The Labute approximate surface area is 167 Å². The van der Waals surface area contributed by atoms with Gasteiger partial charge in [0.05, 0.1) is 0 Å². The van der Waals surface area contributed by atoms with Crippen LogP contribution >= 0.6 is 11.8 Å². The molecule has 2 heteroatoms. The van der Waals surface area contributed by atoms with Crippen LogP contribution in [0.5, 0.6) is 0 Å². The van der Waals surface area contributed by atoms with Crippen molar-refractivity contribution >= 4 is 36.8 Å². The molecular formula is C24H24SSe. The maximum absolute atomic E-state index is 2.46. The zero-order valence-corrected chi connectivity index (χ0v) is 17.6. The second-order valence-corrected chi connectivity index (χ2v) is 9.91. The molecule has 0 saturated carbocycles. The fraction of sp³-hybridized carbons (Fsp3) is 0.167. The van der Waals surface area contributed by atoms with Gasteiger partial charge in [-0.15, -0.1) is 0 Å². The van der Waals surface area contributed by atoms with Crippen LogP contribution in [0.4, 0.5) is 0 Å². The van der Waals surface area contributed by atoms with Gasteiger partial charge >= 0.3 is 168 Å². The average Bonchev–Trinajstić information content (AvgIpc) is 2.70. The number of rotatable bonds is 8. The summed E-state index contributed by atoms with van der Waals surface area (Å²) in [5, 5.41) is 1.68. The minimum atomic E-state index is 0.434. The molecule has 1 unspecified atom stereocenters. The van der Waals surface area contributed by atoms with Crippen LogP contribution in [0.25, 0.3) is 5.57 Å². The SMILES string of the molecule is CC(Sc1ccccc1)/C(=C/CC[Se]c1ccccc1)c1ccccc1. The summed E-state index contributed by atoms with van der Waals surface area (Å²) in [6.45, 7) is 2.32. The van der Waals surface area contributed by atoms with Gasteiger partial charge in [0, 0.05) is 0 Å². The molecule has 3 aromatic rings. The standard InChI is InChI=1S/C24H24SSe/c1-20(25-22-14-7-3-8-15-22)24(21-12-5-2-6-13-21)18-11-19-26-23-16-9-4-10-17-23/h2-10,12-18,20H,11,19H2,1H3/b24-18-. The van der Waals surface area contributed by atoms with E-state index in [4.69, 9.17) is 0 Å². The number of thioether (sulfide) groups is 1. The van der Waals surface area contributed by atoms with Crippen LogP contribution in [0.15, 0.2) is 102 Å². The normalized spacial score (nSPS) is 12.7. The van der Waals surface area contributed by atoms with Gasteiger partial charge in [0.15, 0.2) is 0 Å². The third kappa shape index (κ3) is 5.92. The zero-order valence-electron chi connectivity index (χ0n) is 15.0. The third-order valence-electron chi connectivity index (χ3n) is 4.10. The van der Waals surface area contributed by atoms with Crippen LogP contribution in [0.3, 0.4) is 0 Å². The van der Waals surface area contributed by atoms with Gasteiger partial charge in [0.25, 0.3) is 0 Å². The van der Waals surface area contributed by atoms with Gasteiger partial charge in [0.2, 0.25) is 0 Å². The summed E-state index contributed by atoms with van der Waals surface area (Å²) in [5.41, 5.74) is 2.79. The molecule has 0 N–H and O–H groups in total. The van der Waals surface area contributed by atoms with Crippen LogP contribution in [-0.4, -0.2) is 20.2 Å². The molecule has 0 aliphatic heterocycles. The van der Waals surface area contributed by atoms with Crippen LogP contribution < -0.4 is 4.46 Å². The van der Waals surface area contributed by atoms with Crippen molar-refractivity contribution < 1.29 is 0 Å². The van der Waals surface area contributed by atoms with Crippen molar-refractivity contribution in [1.29, 1.82) is 0 Å². The van der Waals surface area contributed by atoms with E-state index in [-0.39, 0.29) is 0 Å². The quantitative estimate of drug-likeness (QED) is 0.240. The first-order valence-corrected chi connectivity index (χ1v) is 11.9. The molecule has 132 valence electrons. The molecule has 0 aliphatic rings. The van der Waals surface area contributed by atoms with Crippen molar-refractivity contribution in [2.24, 2.45) is 0 Å². The number of allylic oxidation sites excluding steroid dienone is 1. The molecule has 0 fully saturated rings. The van der Waals surface area contributed by atoms with Gasteiger partial charge in [-0.3, -0.25) is 0 Å². The van der Waals surface area contributed by atoms with Crippen molar-refractivity contribution in [3.05, 3.63) is 103 Å². The first-order valence-electron chi connectivity index (χ1n) is 8.98. The monoisotopic (exact) mass is 424 g/mol. The minimum absolute atomic E-state index is 0.434. The van der Waals surface area contributed by atoms with E-state index in [1.54, 1.807) is 0 Å². The van der Waals surface area contributed by atoms with Gasteiger partial charge < -0.3 is 0 Å². The zero-order chi connectivity index (χ0) is 18.0. The molecular weight excluding hydrogens is 399 g/mol. The van der Waals surface area contributed by atoms with Crippen LogP contribution in [0, 0.1) is 0 Å². The second-order valence-electron chi connectivity index (χ2n) is 6.05. The number of benzene rings is 3. The summed E-state index contributed by atoms with van der Waals surface area (Å²) in [5.74, 6) is 0. The van der Waals surface area contributed by atoms with Crippen molar-refractivity contribution in [2.75, 3.05) is 0 Å². The summed E-state index contributed by atoms with van der Waals surface area (Å²) in [6, 6.07) is 32.4. The Bertz CT molecular complexity index is 797. The Morgan fingerprint density at radius 1 is 0.846 bits per heavy atom. The van der Waals surface area contributed by atoms with E-state index >= 15 is 0 Å². The fourth-order valence-electron chi connectivity index (χ4n) is 2.82. The van der Waals surface area contributed by atoms with E-state index in [0.717, 1.165) is 6.42 Å². The maximum atomic E-state index is 2.46.